The van der Waals surface area contributed by atoms with Gasteiger partial charge in [-0.1, -0.05) is 45.8 Å². The van der Waals surface area contributed by atoms with Crippen molar-refractivity contribution in [1.82, 2.24) is 4.98 Å². The Morgan fingerprint density at radius 2 is 2.33 bits per heavy atom. The van der Waals surface area contributed by atoms with Crippen LogP contribution in [-0.2, 0) is 6.42 Å². The molecule has 1 unspecified atom stereocenters. The van der Waals surface area contributed by atoms with E-state index in [0.29, 0.717) is 4.83 Å². The summed E-state index contributed by atoms with van der Waals surface area (Å²) in [5.74, 6) is 0. The van der Waals surface area contributed by atoms with Gasteiger partial charge in [-0.3, -0.25) is 4.98 Å². The van der Waals surface area contributed by atoms with E-state index in [1.165, 1.54) is 16.0 Å². The Kier molecular flexibility index (Phi) is 3.54. The Morgan fingerprint density at radius 3 is 3.00 bits per heavy atom. The lowest BCUT2D eigenvalue weighted by Gasteiger charge is -2.07. The third kappa shape index (κ3) is 2.89. The molecule has 0 N–H and O–H groups in total. The van der Waals surface area contributed by atoms with Crippen molar-refractivity contribution in [2.24, 2.45) is 0 Å². The first-order valence-corrected chi connectivity index (χ1v) is 6.63. The first-order valence-electron chi connectivity index (χ1n) is 4.83. The summed E-state index contributed by atoms with van der Waals surface area (Å²) in [5.41, 5.74) is 4.56. The molecule has 0 aliphatic rings. The number of halogens is 1. The Balaban J connectivity index is 2.09. The third-order valence-electron chi connectivity index (χ3n) is 2.26. The summed E-state index contributed by atoms with van der Waals surface area (Å²) < 4.78 is 0. The molecule has 0 saturated heterocycles. The summed E-state index contributed by atoms with van der Waals surface area (Å²) in [6.07, 6.45) is 2.95. The molecule has 0 bridgehead atoms. The molecule has 2 rings (SSSR count). The van der Waals surface area contributed by atoms with Crippen molar-refractivity contribution in [3.63, 3.8) is 0 Å². The fourth-order valence-electron chi connectivity index (χ4n) is 1.53. The van der Waals surface area contributed by atoms with E-state index in [1.54, 1.807) is 11.3 Å². The Hall–Kier alpha value is -0.670. The van der Waals surface area contributed by atoms with Crippen LogP contribution in [0.25, 0.3) is 0 Å². The smallest absolute Gasteiger partial charge is 0.0794 e. The van der Waals surface area contributed by atoms with E-state index < -0.39 is 0 Å². The molecule has 15 heavy (non-hydrogen) atoms. The highest BCUT2D eigenvalue weighted by Gasteiger charge is 2.09. The highest BCUT2D eigenvalue weighted by molar-refractivity contribution is 9.09. The predicted octanol–water partition coefficient (Wildman–Crippen LogP) is 4.13. The van der Waals surface area contributed by atoms with E-state index in [1.807, 2.05) is 11.7 Å². The van der Waals surface area contributed by atoms with Crippen LogP contribution >= 0.6 is 27.3 Å². The molecule has 0 aliphatic heterocycles. The fourth-order valence-corrected chi connectivity index (χ4v) is 2.94. The van der Waals surface area contributed by atoms with Gasteiger partial charge < -0.3 is 0 Å². The average molecular weight is 282 g/mol. The van der Waals surface area contributed by atoms with Gasteiger partial charge in [0.25, 0.3) is 0 Å². The Morgan fingerprint density at radius 1 is 1.47 bits per heavy atom. The molecule has 0 fully saturated rings. The second kappa shape index (κ2) is 4.90. The zero-order valence-corrected chi connectivity index (χ0v) is 10.9. The van der Waals surface area contributed by atoms with E-state index >= 15 is 0 Å². The molecule has 0 spiro atoms. The molecule has 78 valence electrons. The Labute approximate surface area is 102 Å². The molecule has 0 amide bonds. The number of aromatic nitrogens is 1. The maximum atomic E-state index is 4.09. The SMILES string of the molecule is Cc1cccc(CC(Br)c2cncs2)c1. The molecule has 0 radical (unpaired) electrons. The van der Waals surface area contributed by atoms with Gasteiger partial charge in [-0.2, -0.15) is 0 Å². The number of hydrogen-bond acceptors (Lipinski definition) is 2. The van der Waals surface area contributed by atoms with Crippen molar-refractivity contribution < 1.29 is 0 Å². The summed E-state index contributed by atoms with van der Waals surface area (Å²) in [5, 5.41) is 0. The number of rotatable bonds is 3. The van der Waals surface area contributed by atoms with E-state index in [9.17, 15) is 0 Å². The predicted molar refractivity (Wildman–Crippen MR) is 68.7 cm³/mol. The lowest BCUT2D eigenvalue weighted by molar-refractivity contribution is 0.963. The van der Waals surface area contributed by atoms with Gasteiger partial charge in [0.05, 0.1) is 10.3 Å². The molecule has 1 atom stereocenters. The molecular formula is C12H12BrNS. The molecule has 0 aliphatic carbocycles. The fraction of sp³-hybridized carbons (Fsp3) is 0.250. The van der Waals surface area contributed by atoms with Gasteiger partial charge in [-0.05, 0) is 18.9 Å². The molecule has 1 nitrogen and oxygen atoms in total. The summed E-state index contributed by atoms with van der Waals surface area (Å²) in [7, 11) is 0. The normalized spacial score (nSPS) is 12.7. The van der Waals surface area contributed by atoms with Crippen LogP contribution < -0.4 is 0 Å². The maximum Gasteiger partial charge on any atom is 0.0794 e. The van der Waals surface area contributed by atoms with E-state index in [4.69, 9.17) is 0 Å². The van der Waals surface area contributed by atoms with Crippen LogP contribution in [0.15, 0.2) is 36.0 Å². The third-order valence-corrected chi connectivity index (χ3v) is 4.27. The number of benzene rings is 1. The van der Waals surface area contributed by atoms with E-state index in [-0.39, 0.29) is 0 Å². The largest absolute Gasteiger partial charge is 0.253 e. The van der Waals surface area contributed by atoms with Crippen LogP contribution in [0, 0.1) is 6.92 Å². The number of hydrogen-bond donors (Lipinski definition) is 0. The van der Waals surface area contributed by atoms with Crippen LogP contribution in [0.2, 0.25) is 0 Å². The van der Waals surface area contributed by atoms with Crippen LogP contribution in [0.4, 0.5) is 0 Å². The number of thiazole rings is 1. The van der Waals surface area contributed by atoms with Crippen molar-refractivity contribution in [3.05, 3.63) is 52.0 Å². The monoisotopic (exact) mass is 281 g/mol. The van der Waals surface area contributed by atoms with Gasteiger partial charge in [0, 0.05) is 11.1 Å². The number of alkyl halides is 1. The van der Waals surface area contributed by atoms with Crippen molar-refractivity contribution in [2.45, 2.75) is 18.2 Å². The summed E-state index contributed by atoms with van der Waals surface area (Å²) >= 11 is 5.39. The zero-order chi connectivity index (χ0) is 10.7. The van der Waals surface area contributed by atoms with Crippen molar-refractivity contribution in [2.75, 3.05) is 0 Å². The lowest BCUT2D eigenvalue weighted by Crippen LogP contribution is -1.93. The molecule has 3 heteroatoms. The van der Waals surface area contributed by atoms with Crippen LogP contribution in [-0.4, -0.2) is 4.98 Å². The van der Waals surface area contributed by atoms with Gasteiger partial charge in [-0.15, -0.1) is 11.3 Å². The maximum absolute atomic E-state index is 4.09. The Bertz CT molecular complexity index is 425. The van der Waals surface area contributed by atoms with E-state index in [2.05, 4.69) is 52.1 Å². The van der Waals surface area contributed by atoms with Gasteiger partial charge in [-0.25, -0.2) is 0 Å². The highest BCUT2D eigenvalue weighted by Crippen LogP contribution is 2.29. The molecule has 0 saturated carbocycles. The minimum Gasteiger partial charge on any atom is -0.253 e. The highest BCUT2D eigenvalue weighted by atomic mass is 79.9. The van der Waals surface area contributed by atoms with Gasteiger partial charge >= 0.3 is 0 Å². The topological polar surface area (TPSA) is 12.9 Å². The van der Waals surface area contributed by atoms with Crippen LogP contribution in [0.1, 0.15) is 20.8 Å². The lowest BCUT2D eigenvalue weighted by atomic mass is 10.1. The number of aryl methyl sites for hydroxylation is 1. The second-order valence-electron chi connectivity index (χ2n) is 3.56. The molecule has 2 aromatic rings. The molecule has 1 aromatic heterocycles. The number of nitrogens with zero attached hydrogens (tertiary/aromatic N) is 1. The first kappa shape index (κ1) is 10.8. The van der Waals surface area contributed by atoms with Crippen molar-refractivity contribution in [1.29, 1.82) is 0 Å². The van der Waals surface area contributed by atoms with Crippen LogP contribution in [0.3, 0.4) is 0 Å². The minimum atomic E-state index is 0.381. The summed E-state index contributed by atoms with van der Waals surface area (Å²) in [4.78, 5) is 5.76. The molecule has 1 heterocycles. The summed E-state index contributed by atoms with van der Waals surface area (Å²) in [6, 6.07) is 8.63. The van der Waals surface area contributed by atoms with Gasteiger partial charge in [0.2, 0.25) is 0 Å². The van der Waals surface area contributed by atoms with Gasteiger partial charge in [0.1, 0.15) is 0 Å². The van der Waals surface area contributed by atoms with Crippen molar-refractivity contribution >= 4 is 27.3 Å². The minimum absolute atomic E-state index is 0.381. The second-order valence-corrected chi connectivity index (χ2v) is 5.59. The van der Waals surface area contributed by atoms with Crippen molar-refractivity contribution in [3.8, 4) is 0 Å². The average Bonchev–Trinajstić information content (AvgIpc) is 2.70. The standard InChI is InChI=1S/C12H12BrNS/c1-9-3-2-4-10(5-9)6-11(13)12-7-14-8-15-12/h2-5,7-8,11H,6H2,1H3. The summed E-state index contributed by atoms with van der Waals surface area (Å²) in [6.45, 7) is 2.12. The van der Waals surface area contributed by atoms with E-state index in [0.717, 1.165) is 6.42 Å². The quantitative estimate of drug-likeness (QED) is 0.771. The first-order chi connectivity index (χ1) is 7.25. The van der Waals surface area contributed by atoms with Gasteiger partial charge in [0.15, 0.2) is 0 Å². The molecular weight excluding hydrogens is 270 g/mol. The molecule has 1 aromatic carbocycles. The van der Waals surface area contributed by atoms with Crippen LogP contribution in [0.5, 0.6) is 0 Å². The zero-order valence-electron chi connectivity index (χ0n) is 8.48.